The van der Waals surface area contributed by atoms with Gasteiger partial charge in [-0.05, 0) is 18.8 Å². The summed E-state index contributed by atoms with van der Waals surface area (Å²) in [7, 11) is 0. The highest BCUT2D eigenvalue weighted by Gasteiger charge is 2.28. The van der Waals surface area contributed by atoms with E-state index in [1.807, 2.05) is 18.7 Å². The fraction of sp³-hybridized carbons (Fsp3) is 0.818. The first kappa shape index (κ1) is 12.0. The van der Waals surface area contributed by atoms with E-state index in [1.165, 1.54) is 6.92 Å². The molecule has 1 N–H and O–H groups in total. The van der Waals surface area contributed by atoms with Crippen molar-refractivity contribution in [2.45, 2.75) is 39.7 Å². The molecule has 86 valence electrons. The Hall–Kier alpha value is -1.06. The van der Waals surface area contributed by atoms with Gasteiger partial charge < -0.3 is 10.2 Å². The lowest BCUT2D eigenvalue weighted by Gasteiger charge is -2.26. The van der Waals surface area contributed by atoms with Crippen LogP contribution >= 0.6 is 0 Å². The molecule has 0 saturated carbocycles. The number of nitrogens with one attached hydrogen (secondary N) is 1. The molecule has 1 saturated heterocycles. The molecule has 4 nitrogen and oxygen atoms in total. The van der Waals surface area contributed by atoms with Gasteiger partial charge in [-0.15, -0.1) is 0 Å². The largest absolute Gasteiger partial charge is 0.344 e. The number of hydrogen-bond donors (Lipinski definition) is 1. The number of carbonyl (C=O) groups is 2. The van der Waals surface area contributed by atoms with E-state index in [-0.39, 0.29) is 23.8 Å². The van der Waals surface area contributed by atoms with E-state index in [1.54, 1.807) is 0 Å². The second kappa shape index (κ2) is 5.14. The molecule has 0 unspecified atom stereocenters. The molecule has 0 aromatic carbocycles. The Morgan fingerprint density at radius 2 is 1.73 bits per heavy atom. The average molecular weight is 212 g/mol. The van der Waals surface area contributed by atoms with Gasteiger partial charge in [0.25, 0.3) is 0 Å². The Kier molecular flexibility index (Phi) is 4.12. The minimum atomic E-state index is -0.361. The lowest BCUT2D eigenvalue weighted by Crippen LogP contribution is -2.49. The molecule has 0 radical (unpaired) electrons. The van der Waals surface area contributed by atoms with Crippen molar-refractivity contribution in [1.82, 2.24) is 10.2 Å². The van der Waals surface area contributed by atoms with E-state index in [0.29, 0.717) is 0 Å². The predicted molar refractivity (Wildman–Crippen MR) is 58.3 cm³/mol. The van der Waals surface area contributed by atoms with Crippen LogP contribution in [0.1, 0.15) is 33.6 Å². The van der Waals surface area contributed by atoms with E-state index in [2.05, 4.69) is 5.32 Å². The Balaban J connectivity index is 2.61. The zero-order valence-corrected chi connectivity index (χ0v) is 9.75. The summed E-state index contributed by atoms with van der Waals surface area (Å²) in [5, 5.41) is 2.73. The van der Waals surface area contributed by atoms with Crippen LogP contribution in [0.4, 0.5) is 0 Å². The molecular formula is C11H20N2O2. The van der Waals surface area contributed by atoms with Crippen LogP contribution in [0.2, 0.25) is 0 Å². The van der Waals surface area contributed by atoms with Gasteiger partial charge >= 0.3 is 0 Å². The van der Waals surface area contributed by atoms with Crippen LogP contribution in [0.15, 0.2) is 0 Å². The second-order valence-electron chi connectivity index (χ2n) is 4.45. The fourth-order valence-corrected chi connectivity index (χ4v) is 1.87. The molecule has 2 amide bonds. The van der Waals surface area contributed by atoms with Crippen molar-refractivity contribution in [2.24, 2.45) is 5.92 Å². The van der Waals surface area contributed by atoms with Crippen LogP contribution in [0, 0.1) is 5.92 Å². The first-order valence-corrected chi connectivity index (χ1v) is 5.58. The highest BCUT2D eigenvalue weighted by Crippen LogP contribution is 2.12. The molecule has 0 bridgehead atoms. The molecule has 1 fully saturated rings. The Labute approximate surface area is 91.0 Å². The van der Waals surface area contributed by atoms with E-state index in [0.717, 1.165) is 25.9 Å². The summed E-state index contributed by atoms with van der Waals surface area (Å²) < 4.78 is 0. The summed E-state index contributed by atoms with van der Waals surface area (Å²) >= 11 is 0. The zero-order valence-electron chi connectivity index (χ0n) is 9.75. The number of hydrogen-bond acceptors (Lipinski definition) is 2. The Morgan fingerprint density at radius 1 is 1.20 bits per heavy atom. The van der Waals surface area contributed by atoms with Gasteiger partial charge in [-0.2, -0.15) is 0 Å². The van der Waals surface area contributed by atoms with Crippen molar-refractivity contribution in [3.8, 4) is 0 Å². The molecule has 1 aliphatic rings. The molecule has 1 rings (SSSR count). The molecule has 0 aromatic heterocycles. The average Bonchev–Trinajstić information content (AvgIpc) is 2.65. The summed E-state index contributed by atoms with van der Waals surface area (Å²) in [4.78, 5) is 24.9. The first-order chi connectivity index (χ1) is 7.02. The number of amides is 2. The Bertz CT molecular complexity index is 245. The lowest BCUT2D eigenvalue weighted by atomic mass is 10.0. The third kappa shape index (κ3) is 3.22. The maximum atomic E-state index is 12.0. The lowest BCUT2D eigenvalue weighted by molar-refractivity contribution is -0.136. The maximum Gasteiger partial charge on any atom is 0.245 e. The fourth-order valence-electron chi connectivity index (χ4n) is 1.87. The van der Waals surface area contributed by atoms with Gasteiger partial charge in [-0.3, -0.25) is 9.59 Å². The maximum absolute atomic E-state index is 12.0. The van der Waals surface area contributed by atoms with Crippen LogP contribution in [0.25, 0.3) is 0 Å². The monoisotopic (exact) mass is 212 g/mol. The van der Waals surface area contributed by atoms with Crippen molar-refractivity contribution in [3.63, 3.8) is 0 Å². The Morgan fingerprint density at radius 3 is 2.13 bits per heavy atom. The predicted octanol–water partition coefficient (Wildman–Crippen LogP) is 0.769. The van der Waals surface area contributed by atoms with E-state index in [9.17, 15) is 9.59 Å². The third-order valence-electron chi connectivity index (χ3n) is 2.71. The van der Waals surface area contributed by atoms with Crippen molar-refractivity contribution in [3.05, 3.63) is 0 Å². The minimum absolute atomic E-state index is 0.0673. The molecule has 0 spiro atoms. The van der Waals surface area contributed by atoms with Gasteiger partial charge in [-0.1, -0.05) is 13.8 Å². The van der Waals surface area contributed by atoms with E-state index in [4.69, 9.17) is 0 Å². The highest BCUT2D eigenvalue weighted by atomic mass is 16.2. The molecule has 0 aliphatic carbocycles. The van der Waals surface area contributed by atoms with Crippen LogP contribution in [-0.2, 0) is 9.59 Å². The first-order valence-electron chi connectivity index (χ1n) is 5.58. The molecule has 0 aromatic rings. The molecule has 1 aliphatic heterocycles. The van der Waals surface area contributed by atoms with Gasteiger partial charge in [0.15, 0.2) is 0 Å². The second-order valence-corrected chi connectivity index (χ2v) is 4.45. The molecule has 4 heteroatoms. The highest BCUT2D eigenvalue weighted by molar-refractivity contribution is 5.87. The normalized spacial score (nSPS) is 18.0. The molecule has 1 heterocycles. The van der Waals surface area contributed by atoms with Gasteiger partial charge in [0.1, 0.15) is 6.04 Å². The minimum Gasteiger partial charge on any atom is -0.344 e. The summed E-state index contributed by atoms with van der Waals surface area (Å²) in [5.74, 6) is 0.0703. The van der Waals surface area contributed by atoms with Gasteiger partial charge in [0.2, 0.25) is 11.8 Å². The molecular weight excluding hydrogens is 192 g/mol. The van der Waals surface area contributed by atoms with Crippen molar-refractivity contribution < 1.29 is 9.59 Å². The SMILES string of the molecule is CC(=O)N[C@@H](C(=O)N1CCCC1)C(C)C. The zero-order chi connectivity index (χ0) is 11.4. The van der Waals surface area contributed by atoms with Gasteiger partial charge in [-0.25, -0.2) is 0 Å². The van der Waals surface area contributed by atoms with Crippen LogP contribution < -0.4 is 5.32 Å². The van der Waals surface area contributed by atoms with E-state index < -0.39 is 0 Å². The van der Waals surface area contributed by atoms with Gasteiger partial charge in [0, 0.05) is 20.0 Å². The standard InChI is InChI=1S/C11H20N2O2/c1-8(2)10(12-9(3)14)11(15)13-6-4-5-7-13/h8,10H,4-7H2,1-3H3,(H,12,14)/t10-/m1/s1. The topological polar surface area (TPSA) is 49.4 Å². The third-order valence-corrected chi connectivity index (χ3v) is 2.71. The summed E-state index contributed by atoms with van der Waals surface area (Å²) in [6.07, 6.45) is 2.16. The van der Waals surface area contributed by atoms with Crippen LogP contribution in [-0.4, -0.2) is 35.8 Å². The number of rotatable bonds is 3. The number of carbonyl (C=O) groups excluding carboxylic acids is 2. The number of nitrogens with zero attached hydrogens (tertiary/aromatic N) is 1. The quantitative estimate of drug-likeness (QED) is 0.751. The van der Waals surface area contributed by atoms with Crippen molar-refractivity contribution >= 4 is 11.8 Å². The van der Waals surface area contributed by atoms with Crippen LogP contribution in [0.3, 0.4) is 0 Å². The summed E-state index contributed by atoms with van der Waals surface area (Å²) in [6.45, 7) is 7.03. The number of likely N-dealkylation sites (tertiary alicyclic amines) is 1. The molecule has 15 heavy (non-hydrogen) atoms. The van der Waals surface area contributed by atoms with Gasteiger partial charge in [0.05, 0.1) is 0 Å². The van der Waals surface area contributed by atoms with Crippen molar-refractivity contribution in [1.29, 1.82) is 0 Å². The smallest absolute Gasteiger partial charge is 0.245 e. The summed E-state index contributed by atoms with van der Waals surface area (Å²) in [5.41, 5.74) is 0. The van der Waals surface area contributed by atoms with Crippen molar-refractivity contribution in [2.75, 3.05) is 13.1 Å². The van der Waals surface area contributed by atoms with E-state index >= 15 is 0 Å². The molecule has 1 atom stereocenters. The van der Waals surface area contributed by atoms with Crippen LogP contribution in [0.5, 0.6) is 0 Å². The summed E-state index contributed by atoms with van der Waals surface area (Å²) in [6, 6.07) is -0.361.